The number of nitrogens with zero attached hydrogens (tertiary/aromatic N) is 1. The van der Waals surface area contributed by atoms with E-state index in [1.165, 1.54) is 0 Å². The van der Waals surface area contributed by atoms with Gasteiger partial charge in [-0.25, -0.2) is 0 Å². The minimum absolute atomic E-state index is 0.0357. The van der Waals surface area contributed by atoms with E-state index in [1.54, 1.807) is 11.8 Å². The van der Waals surface area contributed by atoms with Crippen LogP contribution in [-0.4, -0.2) is 46.9 Å². The Labute approximate surface area is 99.0 Å². The third-order valence-corrected chi connectivity index (χ3v) is 3.61. The summed E-state index contributed by atoms with van der Waals surface area (Å²) in [5, 5.41) is 11.5. The van der Waals surface area contributed by atoms with Gasteiger partial charge in [-0.15, -0.1) is 0 Å². The molecule has 0 radical (unpaired) electrons. The van der Waals surface area contributed by atoms with E-state index >= 15 is 0 Å². The van der Waals surface area contributed by atoms with Crippen molar-refractivity contribution in [1.82, 2.24) is 10.2 Å². The monoisotopic (exact) mass is 240 g/mol. The SMILES string of the molecule is CC(C(=O)O)C1CN(C(=O)[C@H]2CCC(=O)N2)C1. The number of aliphatic carboxylic acids is 1. The minimum Gasteiger partial charge on any atom is -0.481 e. The average Bonchev–Trinajstić information content (AvgIpc) is 2.62. The zero-order chi connectivity index (χ0) is 12.6. The molecule has 17 heavy (non-hydrogen) atoms. The minimum atomic E-state index is -0.823. The molecule has 2 fully saturated rings. The standard InChI is InChI=1S/C11H16N2O4/c1-6(11(16)17)7-4-13(5-7)10(15)8-2-3-9(14)12-8/h6-8H,2-5H2,1H3,(H,12,14)(H,16,17)/t6?,8-/m1/s1. The molecule has 0 aliphatic carbocycles. The number of carbonyl (C=O) groups is 3. The lowest BCUT2D eigenvalue weighted by Gasteiger charge is -2.42. The summed E-state index contributed by atoms with van der Waals surface area (Å²) < 4.78 is 0. The van der Waals surface area contributed by atoms with E-state index in [4.69, 9.17) is 5.11 Å². The first-order chi connectivity index (χ1) is 7.99. The van der Waals surface area contributed by atoms with Crippen molar-refractivity contribution < 1.29 is 19.5 Å². The molecule has 6 heteroatoms. The van der Waals surface area contributed by atoms with E-state index in [9.17, 15) is 14.4 Å². The summed E-state index contributed by atoms with van der Waals surface area (Å²) in [4.78, 5) is 35.2. The molecule has 0 aromatic carbocycles. The topological polar surface area (TPSA) is 86.7 Å². The fraction of sp³-hybridized carbons (Fsp3) is 0.727. The molecule has 2 N–H and O–H groups in total. The Bertz CT molecular complexity index is 362. The number of carboxylic acids is 1. The second kappa shape index (κ2) is 4.35. The number of hydrogen-bond donors (Lipinski definition) is 2. The van der Waals surface area contributed by atoms with Crippen molar-refractivity contribution in [3.8, 4) is 0 Å². The second-order valence-electron chi connectivity index (χ2n) is 4.79. The number of amides is 2. The fourth-order valence-electron chi connectivity index (χ4n) is 2.23. The molecular formula is C11H16N2O4. The quantitative estimate of drug-likeness (QED) is 0.692. The number of carboxylic acid groups (broad SMARTS) is 1. The predicted molar refractivity (Wildman–Crippen MR) is 58.0 cm³/mol. The summed E-state index contributed by atoms with van der Waals surface area (Å²) in [5.41, 5.74) is 0. The van der Waals surface area contributed by atoms with Crippen LogP contribution in [0.2, 0.25) is 0 Å². The molecule has 2 rings (SSSR count). The summed E-state index contributed by atoms with van der Waals surface area (Å²) in [6.07, 6.45) is 0.951. The molecule has 2 atom stereocenters. The van der Waals surface area contributed by atoms with E-state index in [2.05, 4.69) is 5.32 Å². The van der Waals surface area contributed by atoms with Crippen LogP contribution in [0.5, 0.6) is 0 Å². The van der Waals surface area contributed by atoms with E-state index in [0.717, 1.165) is 0 Å². The van der Waals surface area contributed by atoms with E-state index in [0.29, 0.717) is 25.9 Å². The van der Waals surface area contributed by atoms with Crippen LogP contribution in [-0.2, 0) is 14.4 Å². The van der Waals surface area contributed by atoms with Gasteiger partial charge in [-0.1, -0.05) is 6.92 Å². The molecule has 2 amide bonds. The van der Waals surface area contributed by atoms with E-state index < -0.39 is 17.9 Å². The molecular weight excluding hydrogens is 224 g/mol. The Morgan fingerprint density at radius 2 is 2.12 bits per heavy atom. The Hall–Kier alpha value is -1.59. The first-order valence-corrected chi connectivity index (χ1v) is 5.80. The average molecular weight is 240 g/mol. The van der Waals surface area contributed by atoms with Crippen LogP contribution >= 0.6 is 0 Å². The molecule has 2 aliphatic rings. The van der Waals surface area contributed by atoms with Gasteiger partial charge < -0.3 is 15.3 Å². The van der Waals surface area contributed by atoms with Gasteiger partial charge in [0, 0.05) is 25.4 Å². The number of carbonyl (C=O) groups excluding carboxylic acids is 2. The maximum Gasteiger partial charge on any atom is 0.306 e. The maximum atomic E-state index is 11.9. The zero-order valence-electron chi connectivity index (χ0n) is 9.68. The molecule has 0 spiro atoms. The molecule has 2 heterocycles. The van der Waals surface area contributed by atoms with Crippen LogP contribution in [0.4, 0.5) is 0 Å². The highest BCUT2D eigenvalue weighted by molar-refractivity contribution is 5.91. The summed E-state index contributed by atoms with van der Waals surface area (Å²) in [6.45, 7) is 2.63. The van der Waals surface area contributed by atoms with Crippen molar-refractivity contribution in [2.45, 2.75) is 25.8 Å². The molecule has 2 saturated heterocycles. The largest absolute Gasteiger partial charge is 0.481 e. The van der Waals surface area contributed by atoms with Gasteiger partial charge in [0.2, 0.25) is 11.8 Å². The lowest BCUT2D eigenvalue weighted by molar-refractivity contribution is -0.151. The van der Waals surface area contributed by atoms with Gasteiger partial charge in [0.05, 0.1) is 5.92 Å². The van der Waals surface area contributed by atoms with Gasteiger partial charge in [-0.05, 0) is 6.42 Å². The predicted octanol–water partition coefficient (Wildman–Crippen LogP) is -0.556. The van der Waals surface area contributed by atoms with Gasteiger partial charge in [-0.2, -0.15) is 0 Å². The highest BCUT2D eigenvalue weighted by Gasteiger charge is 2.40. The van der Waals surface area contributed by atoms with Gasteiger partial charge in [0.1, 0.15) is 6.04 Å². The lowest BCUT2D eigenvalue weighted by atomic mass is 9.86. The molecule has 0 bridgehead atoms. The van der Waals surface area contributed by atoms with Crippen LogP contribution in [0, 0.1) is 11.8 Å². The molecule has 0 aromatic rings. The highest BCUT2D eigenvalue weighted by atomic mass is 16.4. The summed E-state index contributed by atoms with van der Waals surface area (Å²) >= 11 is 0. The normalized spacial score (nSPS) is 26.3. The maximum absolute atomic E-state index is 11.9. The molecule has 1 unspecified atom stereocenters. The zero-order valence-corrected chi connectivity index (χ0v) is 9.68. The van der Waals surface area contributed by atoms with Crippen molar-refractivity contribution in [3.05, 3.63) is 0 Å². The van der Waals surface area contributed by atoms with Gasteiger partial charge in [0.25, 0.3) is 0 Å². The lowest BCUT2D eigenvalue weighted by Crippen LogP contribution is -2.57. The van der Waals surface area contributed by atoms with Crippen molar-refractivity contribution >= 4 is 17.8 Å². The Morgan fingerprint density at radius 1 is 1.47 bits per heavy atom. The summed E-state index contributed by atoms with van der Waals surface area (Å²) in [7, 11) is 0. The molecule has 6 nitrogen and oxygen atoms in total. The second-order valence-corrected chi connectivity index (χ2v) is 4.79. The van der Waals surface area contributed by atoms with E-state index in [1.807, 2.05) is 0 Å². The van der Waals surface area contributed by atoms with Crippen molar-refractivity contribution in [3.63, 3.8) is 0 Å². The number of rotatable bonds is 3. The van der Waals surface area contributed by atoms with Crippen LogP contribution in [0.3, 0.4) is 0 Å². The van der Waals surface area contributed by atoms with Gasteiger partial charge >= 0.3 is 5.97 Å². The summed E-state index contributed by atoms with van der Waals surface area (Å²) in [6, 6.07) is -0.399. The molecule has 0 saturated carbocycles. The molecule has 94 valence electrons. The summed E-state index contributed by atoms with van der Waals surface area (Å²) in [5.74, 6) is -1.37. The fourth-order valence-corrected chi connectivity index (χ4v) is 2.23. The molecule has 0 aromatic heterocycles. The van der Waals surface area contributed by atoms with Crippen LogP contribution in [0.15, 0.2) is 0 Å². The first-order valence-electron chi connectivity index (χ1n) is 5.80. The van der Waals surface area contributed by atoms with Crippen molar-refractivity contribution in [1.29, 1.82) is 0 Å². The highest BCUT2D eigenvalue weighted by Crippen LogP contribution is 2.25. The van der Waals surface area contributed by atoms with Crippen LogP contribution < -0.4 is 5.32 Å². The third kappa shape index (κ3) is 2.25. The van der Waals surface area contributed by atoms with Crippen molar-refractivity contribution in [2.24, 2.45) is 11.8 Å². The first kappa shape index (κ1) is 11.9. The van der Waals surface area contributed by atoms with E-state index in [-0.39, 0.29) is 17.7 Å². The molecule has 2 aliphatic heterocycles. The number of hydrogen-bond acceptors (Lipinski definition) is 3. The third-order valence-electron chi connectivity index (χ3n) is 3.61. The Morgan fingerprint density at radius 3 is 2.59 bits per heavy atom. The smallest absolute Gasteiger partial charge is 0.306 e. The Kier molecular flexibility index (Phi) is 3.04. The van der Waals surface area contributed by atoms with Crippen LogP contribution in [0.25, 0.3) is 0 Å². The van der Waals surface area contributed by atoms with Crippen molar-refractivity contribution in [2.75, 3.05) is 13.1 Å². The number of nitrogens with one attached hydrogen (secondary N) is 1. The van der Waals surface area contributed by atoms with Crippen LogP contribution in [0.1, 0.15) is 19.8 Å². The number of likely N-dealkylation sites (tertiary alicyclic amines) is 1. The van der Waals surface area contributed by atoms with Gasteiger partial charge in [-0.3, -0.25) is 14.4 Å². The Balaban J connectivity index is 1.81. The van der Waals surface area contributed by atoms with Gasteiger partial charge in [0.15, 0.2) is 0 Å².